The molecule has 0 aliphatic carbocycles. The molecule has 0 fully saturated rings. The number of benzene rings is 1. The van der Waals surface area contributed by atoms with E-state index < -0.39 is 6.04 Å². The fraction of sp³-hybridized carbons (Fsp3) is 0.360. The van der Waals surface area contributed by atoms with Crippen molar-refractivity contribution in [3.8, 4) is 5.75 Å². The Labute approximate surface area is 193 Å². The van der Waals surface area contributed by atoms with Crippen molar-refractivity contribution in [1.82, 2.24) is 29.6 Å². The van der Waals surface area contributed by atoms with Crippen molar-refractivity contribution in [2.24, 2.45) is 7.05 Å². The first-order chi connectivity index (χ1) is 15.8. The van der Waals surface area contributed by atoms with Gasteiger partial charge in [0.25, 0.3) is 5.91 Å². The summed E-state index contributed by atoms with van der Waals surface area (Å²) in [5.74, 6) is 1.46. The molecule has 3 heterocycles. The number of aryl methyl sites for hydroxylation is 1. The van der Waals surface area contributed by atoms with E-state index >= 15 is 0 Å². The van der Waals surface area contributed by atoms with Crippen molar-refractivity contribution in [1.29, 1.82) is 0 Å². The number of imidazole rings is 1. The molecule has 8 nitrogen and oxygen atoms in total. The number of amides is 1. The van der Waals surface area contributed by atoms with Gasteiger partial charge in [-0.05, 0) is 43.5 Å². The van der Waals surface area contributed by atoms with Gasteiger partial charge in [0.2, 0.25) is 0 Å². The Balaban J connectivity index is 1.79. The number of nitrogens with one attached hydrogen (secondary N) is 1. The Bertz CT molecular complexity index is 1270. The number of hydrogen-bond acceptors (Lipinski definition) is 5. The lowest BCUT2D eigenvalue weighted by molar-refractivity contribution is 0.0942. The Hall–Kier alpha value is -3.68. The van der Waals surface area contributed by atoms with Gasteiger partial charge in [0.1, 0.15) is 17.6 Å². The largest absolute Gasteiger partial charge is 0.497 e. The van der Waals surface area contributed by atoms with E-state index in [4.69, 9.17) is 9.72 Å². The van der Waals surface area contributed by atoms with Gasteiger partial charge >= 0.3 is 0 Å². The second kappa shape index (κ2) is 9.05. The third-order valence-electron chi connectivity index (χ3n) is 5.75. The van der Waals surface area contributed by atoms with Gasteiger partial charge in [-0.15, -0.1) is 0 Å². The molecule has 1 aromatic carbocycles. The molecule has 1 unspecified atom stereocenters. The number of ether oxygens (including phenoxy) is 1. The van der Waals surface area contributed by atoms with Crippen molar-refractivity contribution in [3.63, 3.8) is 0 Å². The van der Waals surface area contributed by atoms with Gasteiger partial charge in [0, 0.05) is 31.2 Å². The average Bonchev–Trinajstić information content (AvgIpc) is 3.42. The first-order valence-corrected chi connectivity index (χ1v) is 11.1. The van der Waals surface area contributed by atoms with Crippen LogP contribution in [0.25, 0.3) is 11.0 Å². The van der Waals surface area contributed by atoms with E-state index in [0.29, 0.717) is 5.56 Å². The molecule has 0 spiro atoms. The highest BCUT2D eigenvalue weighted by atomic mass is 16.5. The predicted molar refractivity (Wildman–Crippen MR) is 128 cm³/mol. The van der Waals surface area contributed by atoms with E-state index in [1.165, 1.54) is 0 Å². The van der Waals surface area contributed by atoms with E-state index in [9.17, 15) is 4.79 Å². The van der Waals surface area contributed by atoms with Gasteiger partial charge < -0.3 is 14.6 Å². The minimum atomic E-state index is -0.436. The number of pyridine rings is 1. The summed E-state index contributed by atoms with van der Waals surface area (Å²) in [5, 5.41) is 8.44. The molecule has 0 radical (unpaired) electrons. The molecular weight excluding hydrogens is 416 g/mol. The quantitative estimate of drug-likeness (QED) is 0.455. The molecule has 0 aliphatic rings. The van der Waals surface area contributed by atoms with Gasteiger partial charge in [-0.25, -0.2) is 14.6 Å². The first-order valence-electron chi connectivity index (χ1n) is 11.1. The number of fused-ring (bicyclic) bond motifs is 1. The van der Waals surface area contributed by atoms with Crippen molar-refractivity contribution in [3.05, 3.63) is 71.6 Å². The van der Waals surface area contributed by atoms with E-state index in [-0.39, 0.29) is 17.9 Å². The van der Waals surface area contributed by atoms with E-state index in [1.54, 1.807) is 19.5 Å². The van der Waals surface area contributed by atoms with E-state index in [2.05, 4.69) is 43.1 Å². The lowest BCUT2D eigenvalue weighted by atomic mass is 10.0. The number of carbonyl (C=O) groups excluding carboxylic acids is 1. The smallest absolute Gasteiger partial charge is 0.253 e. The molecule has 4 aromatic rings. The van der Waals surface area contributed by atoms with Gasteiger partial charge in [0.15, 0.2) is 5.65 Å². The van der Waals surface area contributed by atoms with Crippen LogP contribution in [-0.4, -0.2) is 37.3 Å². The fourth-order valence-electron chi connectivity index (χ4n) is 3.86. The average molecular weight is 447 g/mol. The van der Waals surface area contributed by atoms with E-state index in [0.717, 1.165) is 33.9 Å². The molecule has 33 heavy (non-hydrogen) atoms. The highest BCUT2D eigenvalue weighted by molar-refractivity contribution is 6.05. The minimum Gasteiger partial charge on any atom is -0.497 e. The van der Waals surface area contributed by atoms with Crippen LogP contribution in [0.4, 0.5) is 0 Å². The summed E-state index contributed by atoms with van der Waals surface area (Å²) in [4.78, 5) is 23.0. The number of hydrogen-bond donors (Lipinski definition) is 1. The summed E-state index contributed by atoms with van der Waals surface area (Å²) in [5.41, 5.74) is 3.04. The zero-order valence-corrected chi connectivity index (χ0v) is 19.9. The molecule has 8 heteroatoms. The third kappa shape index (κ3) is 4.33. The summed E-state index contributed by atoms with van der Waals surface area (Å²) in [7, 11) is 3.55. The lowest BCUT2D eigenvalue weighted by Gasteiger charge is -2.20. The topological polar surface area (TPSA) is 86.9 Å². The van der Waals surface area contributed by atoms with Crippen LogP contribution in [0.2, 0.25) is 0 Å². The lowest BCUT2D eigenvalue weighted by Crippen LogP contribution is -2.31. The summed E-state index contributed by atoms with van der Waals surface area (Å²) in [6.07, 6.45) is 5.32. The molecule has 0 aliphatic heterocycles. The van der Waals surface area contributed by atoms with Gasteiger partial charge in [-0.2, -0.15) is 5.10 Å². The zero-order valence-electron chi connectivity index (χ0n) is 19.9. The van der Waals surface area contributed by atoms with Crippen LogP contribution in [-0.2, 0) is 7.05 Å². The maximum absolute atomic E-state index is 13.7. The van der Waals surface area contributed by atoms with Crippen molar-refractivity contribution in [2.45, 2.75) is 45.7 Å². The number of carbonyl (C=O) groups is 1. The van der Waals surface area contributed by atoms with Crippen molar-refractivity contribution in [2.75, 3.05) is 7.11 Å². The zero-order chi connectivity index (χ0) is 23.7. The Kier molecular flexibility index (Phi) is 6.18. The predicted octanol–water partition coefficient (Wildman–Crippen LogP) is 4.40. The minimum absolute atomic E-state index is 0.132. The second-order valence-electron chi connectivity index (χ2n) is 8.75. The molecule has 1 atom stereocenters. The fourth-order valence-corrected chi connectivity index (χ4v) is 3.86. The van der Waals surface area contributed by atoms with Crippen molar-refractivity contribution >= 4 is 16.9 Å². The maximum atomic E-state index is 13.7. The maximum Gasteiger partial charge on any atom is 0.253 e. The summed E-state index contributed by atoms with van der Waals surface area (Å²) >= 11 is 0. The normalized spacial score (nSPS) is 12.5. The molecule has 172 valence electrons. The summed E-state index contributed by atoms with van der Waals surface area (Å²) in [6.45, 7) is 8.24. The first kappa shape index (κ1) is 22.5. The van der Waals surface area contributed by atoms with Gasteiger partial charge in [-0.3, -0.25) is 4.79 Å². The second-order valence-corrected chi connectivity index (χ2v) is 8.75. The van der Waals surface area contributed by atoms with E-state index in [1.807, 2.05) is 52.8 Å². The number of rotatable bonds is 7. The Morgan fingerprint density at radius 1 is 1.12 bits per heavy atom. The monoisotopic (exact) mass is 446 g/mol. The van der Waals surface area contributed by atoms with Crippen LogP contribution in [0.15, 0.2) is 48.9 Å². The molecular formula is C25H30N6O2. The van der Waals surface area contributed by atoms with Gasteiger partial charge in [0.05, 0.1) is 24.3 Å². The number of aromatic nitrogens is 5. The summed E-state index contributed by atoms with van der Waals surface area (Å²) < 4.78 is 9.06. The molecule has 1 N–H and O–H groups in total. The molecule has 0 bridgehead atoms. The van der Waals surface area contributed by atoms with Gasteiger partial charge in [-0.1, -0.05) is 26.0 Å². The number of nitrogens with zero attached hydrogens (tertiary/aromatic N) is 5. The molecule has 1 amide bonds. The van der Waals surface area contributed by atoms with Crippen LogP contribution in [0.5, 0.6) is 5.75 Å². The Morgan fingerprint density at radius 3 is 2.42 bits per heavy atom. The molecule has 0 saturated heterocycles. The highest BCUT2D eigenvalue weighted by Crippen LogP contribution is 2.27. The standard InChI is InChI=1S/C25H30N6O2/c1-15(2)21-13-19(20-14-27-31(16(3)4)23(20)28-21)25(32)29-22(24-26-11-12-30(24)5)17-7-9-18(33-6)10-8-17/h7-16,22H,1-6H3,(H,29,32). The highest BCUT2D eigenvalue weighted by Gasteiger charge is 2.25. The Morgan fingerprint density at radius 2 is 1.85 bits per heavy atom. The van der Waals surface area contributed by atoms with Crippen LogP contribution in [0.3, 0.4) is 0 Å². The SMILES string of the molecule is COc1ccc(C(NC(=O)c2cc(C(C)C)nc3c2cnn3C(C)C)c2nccn2C)cc1. The molecule has 0 saturated carbocycles. The van der Waals surface area contributed by atoms with Crippen LogP contribution < -0.4 is 10.1 Å². The van der Waals surface area contributed by atoms with Crippen LogP contribution >= 0.6 is 0 Å². The third-order valence-corrected chi connectivity index (χ3v) is 5.75. The van der Waals surface area contributed by atoms with Crippen molar-refractivity contribution < 1.29 is 9.53 Å². The number of methoxy groups -OCH3 is 1. The molecule has 3 aromatic heterocycles. The molecule has 4 rings (SSSR count). The summed E-state index contributed by atoms with van der Waals surface area (Å²) in [6, 6.07) is 9.21. The van der Waals surface area contributed by atoms with Crippen LogP contribution in [0.1, 0.15) is 73.1 Å². The van der Waals surface area contributed by atoms with Crippen LogP contribution in [0, 0.1) is 0 Å².